The molecule has 0 aromatic rings. The second-order valence-electron chi connectivity index (χ2n) is 1.92. The van der Waals surface area contributed by atoms with Gasteiger partial charge in [0.2, 0.25) is 5.91 Å². The van der Waals surface area contributed by atoms with Gasteiger partial charge in [-0.1, -0.05) is 7.43 Å². The summed E-state index contributed by atoms with van der Waals surface area (Å²) in [7, 11) is 0. The number of aliphatic hydroxyl groups excluding tert-OH is 3. The molecule has 1 amide bonds. The molecular formula is C7H15NO4. The van der Waals surface area contributed by atoms with Gasteiger partial charge in [-0.25, -0.2) is 0 Å². The Bertz CT molecular complexity index is 170. The SMILES string of the molecule is C.NC(=O)C(CO)=C(CO)CO. The number of amides is 1. The van der Waals surface area contributed by atoms with E-state index in [4.69, 9.17) is 21.1 Å². The maximum Gasteiger partial charge on any atom is 0.247 e. The molecule has 0 heterocycles. The van der Waals surface area contributed by atoms with Crippen molar-refractivity contribution in [1.82, 2.24) is 0 Å². The van der Waals surface area contributed by atoms with E-state index in [1.54, 1.807) is 0 Å². The van der Waals surface area contributed by atoms with Gasteiger partial charge in [0.05, 0.1) is 19.8 Å². The first kappa shape index (κ1) is 13.7. The van der Waals surface area contributed by atoms with Crippen LogP contribution >= 0.6 is 0 Å². The molecule has 0 bridgehead atoms. The number of nitrogens with two attached hydrogens (primary N) is 1. The van der Waals surface area contributed by atoms with Gasteiger partial charge in [-0.15, -0.1) is 0 Å². The van der Waals surface area contributed by atoms with E-state index < -0.39 is 25.7 Å². The minimum absolute atomic E-state index is 0. The van der Waals surface area contributed by atoms with E-state index >= 15 is 0 Å². The van der Waals surface area contributed by atoms with E-state index in [-0.39, 0.29) is 18.6 Å². The quantitative estimate of drug-likeness (QED) is 0.387. The maximum atomic E-state index is 10.5. The minimum Gasteiger partial charge on any atom is -0.392 e. The van der Waals surface area contributed by atoms with Crippen molar-refractivity contribution < 1.29 is 20.1 Å². The molecule has 0 fully saturated rings. The summed E-state index contributed by atoms with van der Waals surface area (Å²) >= 11 is 0. The zero-order valence-electron chi connectivity index (χ0n) is 5.95. The Labute approximate surface area is 71.1 Å². The van der Waals surface area contributed by atoms with E-state index in [2.05, 4.69) is 0 Å². The van der Waals surface area contributed by atoms with Gasteiger partial charge in [-0.2, -0.15) is 0 Å². The maximum absolute atomic E-state index is 10.5. The predicted molar refractivity (Wildman–Crippen MR) is 44.2 cm³/mol. The fourth-order valence-corrected chi connectivity index (χ4v) is 0.605. The van der Waals surface area contributed by atoms with Gasteiger partial charge in [-0.3, -0.25) is 4.79 Å². The lowest BCUT2D eigenvalue weighted by Crippen LogP contribution is -2.20. The van der Waals surface area contributed by atoms with Gasteiger partial charge in [0.15, 0.2) is 0 Å². The first-order valence-corrected chi connectivity index (χ1v) is 3.00. The highest BCUT2D eigenvalue weighted by molar-refractivity contribution is 5.93. The largest absolute Gasteiger partial charge is 0.392 e. The van der Waals surface area contributed by atoms with Gasteiger partial charge in [0.25, 0.3) is 0 Å². The summed E-state index contributed by atoms with van der Waals surface area (Å²) in [6.45, 7) is -1.52. The molecule has 0 aliphatic rings. The average Bonchev–Trinajstić information content (AvgIpc) is 1.99. The summed E-state index contributed by atoms with van der Waals surface area (Å²) in [6, 6.07) is 0. The molecule has 5 nitrogen and oxygen atoms in total. The molecule has 0 spiro atoms. The molecule has 0 aromatic carbocycles. The zero-order valence-corrected chi connectivity index (χ0v) is 5.95. The van der Waals surface area contributed by atoms with Crippen molar-refractivity contribution in [3.8, 4) is 0 Å². The topological polar surface area (TPSA) is 104 Å². The third-order valence-corrected chi connectivity index (χ3v) is 1.26. The Hall–Kier alpha value is -0.910. The van der Waals surface area contributed by atoms with Crippen LogP contribution in [0, 0.1) is 0 Å². The van der Waals surface area contributed by atoms with Crippen molar-refractivity contribution in [2.75, 3.05) is 19.8 Å². The molecule has 0 aliphatic carbocycles. The van der Waals surface area contributed by atoms with E-state index in [1.165, 1.54) is 0 Å². The third-order valence-electron chi connectivity index (χ3n) is 1.26. The number of carbonyl (C=O) groups is 1. The van der Waals surface area contributed by atoms with Gasteiger partial charge in [0.1, 0.15) is 0 Å². The highest BCUT2D eigenvalue weighted by atomic mass is 16.3. The summed E-state index contributed by atoms with van der Waals surface area (Å²) in [5, 5.41) is 25.6. The van der Waals surface area contributed by atoms with Crippen LogP contribution in [0.4, 0.5) is 0 Å². The van der Waals surface area contributed by atoms with Gasteiger partial charge >= 0.3 is 0 Å². The Morgan fingerprint density at radius 2 is 1.50 bits per heavy atom. The molecule has 0 saturated heterocycles. The number of hydrogen-bond acceptors (Lipinski definition) is 4. The number of hydrogen-bond donors (Lipinski definition) is 4. The van der Waals surface area contributed by atoms with Crippen molar-refractivity contribution >= 4 is 5.91 Å². The molecule has 0 rings (SSSR count). The first-order valence-electron chi connectivity index (χ1n) is 3.00. The smallest absolute Gasteiger partial charge is 0.247 e. The van der Waals surface area contributed by atoms with Crippen LogP contribution in [0.3, 0.4) is 0 Å². The number of rotatable bonds is 4. The second kappa shape index (κ2) is 6.78. The van der Waals surface area contributed by atoms with Gasteiger partial charge in [-0.05, 0) is 5.57 Å². The van der Waals surface area contributed by atoms with Crippen LogP contribution in [0.25, 0.3) is 0 Å². The summed E-state index contributed by atoms with van der Waals surface area (Å²) in [6.07, 6.45) is 0. The number of primary amides is 1. The predicted octanol–water partition coefficient (Wildman–Crippen LogP) is -1.62. The van der Waals surface area contributed by atoms with E-state index in [0.29, 0.717) is 0 Å². The summed E-state index contributed by atoms with van der Waals surface area (Å²) in [5.74, 6) is -0.828. The zero-order chi connectivity index (χ0) is 8.85. The molecule has 0 radical (unpaired) electrons. The molecule has 0 saturated carbocycles. The van der Waals surface area contributed by atoms with Crippen LogP contribution in [0.15, 0.2) is 11.1 Å². The van der Waals surface area contributed by atoms with Crippen molar-refractivity contribution in [3.05, 3.63) is 11.1 Å². The monoisotopic (exact) mass is 177 g/mol. The van der Waals surface area contributed by atoms with Crippen molar-refractivity contribution in [1.29, 1.82) is 0 Å². The number of aliphatic hydroxyl groups is 3. The van der Waals surface area contributed by atoms with Crippen molar-refractivity contribution in [2.45, 2.75) is 7.43 Å². The molecule has 0 aliphatic heterocycles. The molecule has 5 heteroatoms. The molecule has 0 unspecified atom stereocenters. The molecule has 0 aromatic heterocycles. The van der Waals surface area contributed by atoms with E-state index in [0.717, 1.165) is 0 Å². The lowest BCUT2D eigenvalue weighted by Gasteiger charge is -2.04. The summed E-state index contributed by atoms with van der Waals surface area (Å²) < 4.78 is 0. The third kappa shape index (κ3) is 3.47. The van der Waals surface area contributed by atoms with E-state index in [9.17, 15) is 4.79 Å². The van der Waals surface area contributed by atoms with Crippen LogP contribution in [-0.2, 0) is 4.79 Å². The van der Waals surface area contributed by atoms with Crippen LogP contribution in [0.5, 0.6) is 0 Å². The average molecular weight is 177 g/mol. The Balaban J connectivity index is 0. The van der Waals surface area contributed by atoms with Gasteiger partial charge < -0.3 is 21.1 Å². The van der Waals surface area contributed by atoms with E-state index in [1.807, 2.05) is 0 Å². The van der Waals surface area contributed by atoms with Gasteiger partial charge in [0, 0.05) is 5.57 Å². The Morgan fingerprint density at radius 3 is 1.58 bits per heavy atom. The first-order chi connectivity index (χ1) is 5.17. The van der Waals surface area contributed by atoms with Crippen LogP contribution in [0.1, 0.15) is 7.43 Å². The molecule has 0 atom stereocenters. The Kier molecular flexibility index (Phi) is 7.72. The number of carbonyl (C=O) groups excluding carboxylic acids is 1. The fraction of sp³-hybridized carbons (Fsp3) is 0.571. The lowest BCUT2D eigenvalue weighted by atomic mass is 10.1. The molecule has 12 heavy (non-hydrogen) atoms. The Morgan fingerprint density at radius 1 is 1.08 bits per heavy atom. The van der Waals surface area contributed by atoms with Crippen LogP contribution < -0.4 is 5.73 Å². The summed E-state index contributed by atoms with van der Waals surface area (Å²) in [5.41, 5.74) is 4.75. The minimum atomic E-state index is -0.828. The molecular weight excluding hydrogens is 162 g/mol. The van der Waals surface area contributed by atoms with Crippen molar-refractivity contribution in [2.24, 2.45) is 5.73 Å². The second-order valence-corrected chi connectivity index (χ2v) is 1.92. The van der Waals surface area contributed by atoms with Crippen molar-refractivity contribution in [3.63, 3.8) is 0 Å². The molecule has 5 N–H and O–H groups in total. The van der Waals surface area contributed by atoms with Crippen LogP contribution in [0.2, 0.25) is 0 Å². The standard InChI is InChI=1S/C6H11NO4.CH4/c7-6(11)5(3-10)4(1-8)2-9;/h8-10H,1-3H2,(H2,7,11);1H4. The fourth-order valence-electron chi connectivity index (χ4n) is 0.605. The molecule has 72 valence electrons. The van der Waals surface area contributed by atoms with Crippen LogP contribution in [-0.4, -0.2) is 41.0 Å². The summed E-state index contributed by atoms with van der Waals surface area (Å²) in [4.78, 5) is 10.5. The lowest BCUT2D eigenvalue weighted by molar-refractivity contribution is -0.115. The highest BCUT2D eigenvalue weighted by Gasteiger charge is 2.09. The highest BCUT2D eigenvalue weighted by Crippen LogP contribution is 2.01. The normalized spacial score (nSPS) is 8.58.